The van der Waals surface area contributed by atoms with E-state index in [4.69, 9.17) is 4.98 Å². The summed E-state index contributed by atoms with van der Waals surface area (Å²) in [5.74, 6) is 0.956. The van der Waals surface area contributed by atoms with E-state index in [1.54, 1.807) is 0 Å². The predicted octanol–water partition coefficient (Wildman–Crippen LogP) is 4.96. The minimum Gasteiger partial charge on any atom is -0.370 e. The molecule has 0 unspecified atom stereocenters. The Kier molecular flexibility index (Phi) is 5.87. The fourth-order valence-corrected chi connectivity index (χ4v) is 4.51. The van der Waals surface area contributed by atoms with E-state index in [1.807, 2.05) is 30.3 Å². The lowest BCUT2D eigenvalue weighted by atomic mass is 10.1. The Morgan fingerprint density at radius 2 is 1.69 bits per heavy atom. The van der Waals surface area contributed by atoms with Gasteiger partial charge in [0.2, 0.25) is 0 Å². The van der Waals surface area contributed by atoms with Crippen molar-refractivity contribution >= 4 is 16.7 Å². The maximum absolute atomic E-state index is 9.18. The average molecular weight is 422 g/mol. The number of imidazole rings is 1. The maximum atomic E-state index is 9.18. The molecule has 0 aliphatic carbocycles. The van der Waals surface area contributed by atoms with E-state index in [9.17, 15) is 5.26 Å². The van der Waals surface area contributed by atoms with Crippen molar-refractivity contribution in [2.24, 2.45) is 0 Å². The number of nitrogens with zero attached hydrogens (tertiary/aromatic N) is 4. The number of aromatic nitrogens is 2. The fraction of sp³-hybridized carbons (Fsp3) is 0.259. The van der Waals surface area contributed by atoms with Gasteiger partial charge in [-0.25, -0.2) is 4.98 Å². The zero-order valence-corrected chi connectivity index (χ0v) is 18.2. The number of hydrogen-bond donors (Lipinski definition) is 1. The monoisotopic (exact) mass is 421 g/mol. The first-order valence-corrected chi connectivity index (χ1v) is 11.3. The quantitative estimate of drug-likeness (QED) is 0.428. The molecule has 1 saturated heterocycles. The van der Waals surface area contributed by atoms with Crippen LogP contribution in [-0.2, 0) is 13.1 Å². The molecule has 3 aromatic carbocycles. The van der Waals surface area contributed by atoms with Gasteiger partial charge in [-0.2, -0.15) is 5.26 Å². The molecule has 32 heavy (non-hydrogen) atoms. The van der Waals surface area contributed by atoms with E-state index in [1.165, 1.54) is 24.1 Å². The van der Waals surface area contributed by atoms with Gasteiger partial charge < -0.3 is 14.8 Å². The number of fused-ring (bicyclic) bond motifs is 1. The Bertz CT molecular complexity index is 1230. The molecule has 1 N–H and O–H groups in total. The highest BCUT2D eigenvalue weighted by Crippen LogP contribution is 2.32. The van der Waals surface area contributed by atoms with E-state index >= 15 is 0 Å². The highest BCUT2D eigenvalue weighted by atomic mass is 15.2. The SMILES string of the molecule is N#Cc1ccc(-c2nc3c(N4CCCC4)cccc3n2CCNCc2ccccc2)cc1. The molecule has 0 atom stereocenters. The molecule has 0 amide bonds. The number of benzene rings is 3. The second-order valence-corrected chi connectivity index (χ2v) is 8.28. The number of anilines is 1. The van der Waals surface area contributed by atoms with Gasteiger partial charge >= 0.3 is 0 Å². The van der Waals surface area contributed by atoms with Gasteiger partial charge in [0.25, 0.3) is 0 Å². The topological polar surface area (TPSA) is 56.9 Å². The molecular formula is C27H27N5. The molecule has 5 nitrogen and oxygen atoms in total. The van der Waals surface area contributed by atoms with Gasteiger partial charge in [-0.05, 0) is 54.8 Å². The molecule has 1 fully saturated rings. The van der Waals surface area contributed by atoms with Crippen LogP contribution >= 0.6 is 0 Å². The molecule has 1 aliphatic rings. The third-order valence-electron chi connectivity index (χ3n) is 6.16. The summed E-state index contributed by atoms with van der Waals surface area (Å²) >= 11 is 0. The van der Waals surface area contributed by atoms with Crippen molar-refractivity contribution in [1.82, 2.24) is 14.9 Å². The minimum absolute atomic E-state index is 0.665. The first-order valence-electron chi connectivity index (χ1n) is 11.3. The van der Waals surface area contributed by atoms with Crippen LogP contribution in [0.1, 0.15) is 24.0 Å². The molecular weight excluding hydrogens is 394 g/mol. The summed E-state index contributed by atoms with van der Waals surface area (Å²) in [7, 11) is 0. The second kappa shape index (κ2) is 9.25. The number of para-hydroxylation sites is 1. The Hall–Kier alpha value is -3.62. The van der Waals surface area contributed by atoms with Gasteiger partial charge in [0, 0.05) is 38.3 Å². The largest absolute Gasteiger partial charge is 0.370 e. The number of rotatable bonds is 7. The summed E-state index contributed by atoms with van der Waals surface area (Å²) in [5, 5.41) is 12.7. The van der Waals surface area contributed by atoms with Crippen molar-refractivity contribution < 1.29 is 0 Å². The Balaban J connectivity index is 1.48. The first-order chi connectivity index (χ1) is 15.8. The molecule has 0 spiro atoms. The van der Waals surface area contributed by atoms with Crippen LogP contribution in [0.2, 0.25) is 0 Å². The molecule has 2 heterocycles. The molecule has 0 saturated carbocycles. The lowest BCUT2D eigenvalue weighted by Crippen LogP contribution is -2.20. The van der Waals surface area contributed by atoms with Crippen LogP contribution in [-0.4, -0.2) is 29.2 Å². The van der Waals surface area contributed by atoms with E-state index in [-0.39, 0.29) is 0 Å². The van der Waals surface area contributed by atoms with Crippen LogP contribution < -0.4 is 10.2 Å². The van der Waals surface area contributed by atoms with E-state index in [2.05, 4.69) is 63.3 Å². The van der Waals surface area contributed by atoms with Crippen molar-refractivity contribution in [3.63, 3.8) is 0 Å². The highest BCUT2D eigenvalue weighted by molar-refractivity contribution is 5.92. The Morgan fingerprint density at radius 3 is 2.44 bits per heavy atom. The van der Waals surface area contributed by atoms with Gasteiger partial charge in [-0.15, -0.1) is 0 Å². The summed E-state index contributed by atoms with van der Waals surface area (Å²) in [6, 6.07) is 26.9. The lowest BCUT2D eigenvalue weighted by molar-refractivity contribution is 0.610. The zero-order chi connectivity index (χ0) is 21.8. The molecule has 5 heteroatoms. The normalized spacial score (nSPS) is 13.5. The van der Waals surface area contributed by atoms with Crippen LogP contribution in [0.3, 0.4) is 0 Å². The Labute approximate surface area is 188 Å². The third-order valence-corrected chi connectivity index (χ3v) is 6.16. The smallest absolute Gasteiger partial charge is 0.141 e. The summed E-state index contributed by atoms with van der Waals surface area (Å²) < 4.78 is 2.31. The fourth-order valence-electron chi connectivity index (χ4n) is 4.51. The summed E-state index contributed by atoms with van der Waals surface area (Å²) in [6.45, 7) is 4.70. The minimum atomic E-state index is 0.665. The molecule has 0 radical (unpaired) electrons. The van der Waals surface area contributed by atoms with Gasteiger partial charge in [0.05, 0.1) is 22.8 Å². The molecule has 4 aromatic rings. The molecule has 5 rings (SSSR count). The third kappa shape index (κ3) is 4.10. The number of nitrogens with one attached hydrogen (secondary N) is 1. The van der Waals surface area contributed by atoms with Crippen LogP contribution in [0.15, 0.2) is 72.8 Å². The summed E-state index contributed by atoms with van der Waals surface area (Å²) in [6.07, 6.45) is 2.48. The molecule has 0 bridgehead atoms. The first kappa shape index (κ1) is 20.3. The van der Waals surface area contributed by atoms with Gasteiger partial charge in [-0.1, -0.05) is 36.4 Å². The van der Waals surface area contributed by atoms with E-state index in [0.717, 1.165) is 55.1 Å². The van der Waals surface area contributed by atoms with Crippen molar-refractivity contribution in [3.8, 4) is 17.5 Å². The van der Waals surface area contributed by atoms with Crippen LogP contribution in [0, 0.1) is 11.3 Å². The van der Waals surface area contributed by atoms with Gasteiger partial charge in [-0.3, -0.25) is 0 Å². The molecule has 1 aliphatic heterocycles. The van der Waals surface area contributed by atoms with Crippen LogP contribution in [0.5, 0.6) is 0 Å². The van der Waals surface area contributed by atoms with Gasteiger partial charge in [0.1, 0.15) is 11.3 Å². The van der Waals surface area contributed by atoms with Crippen molar-refractivity contribution in [2.45, 2.75) is 25.9 Å². The van der Waals surface area contributed by atoms with Crippen molar-refractivity contribution in [3.05, 3.63) is 83.9 Å². The van der Waals surface area contributed by atoms with Crippen molar-refractivity contribution in [1.29, 1.82) is 5.26 Å². The summed E-state index contributed by atoms with van der Waals surface area (Å²) in [5.41, 5.74) is 6.44. The van der Waals surface area contributed by atoms with Crippen molar-refractivity contribution in [2.75, 3.05) is 24.5 Å². The van der Waals surface area contributed by atoms with Gasteiger partial charge in [0.15, 0.2) is 0 Å². The highest BCUT2D eigenvalue weighted by Gasteiger charge is 2.20. The summed E-state index contributed by atoms with van der Waals surface area (Å²) in [4.78, 5) is 7.58. The standard InChI is InChI=1S/C27H27N5/c28-19-21-11-13-23(14-12-21)27-30-26-24(31-16-4-5-17-31)9-6-10-25(26)32(27)18-15-29-20-22-7-2-1-3-8-22/h1-3,6-14,29H,4-5,15-18,20H2. The van der Waals surface area contributed by atoms with Crippen LogP contribution in [0.25, 0.3) is 22.4 Å². The van der Waals surface area contributed by atoms with Crippen LogP contribution in [0.4, 0.5) is 5.69 Å². The number of nitriles is 1. The molecule has 1 aromatic heterocycles. The number of hydrogen-bond acceptors (Lipinski definition) is 4. The zero-order valence-electron chi connectivity index (χ0n) is 18.2. The average Bonchev–Trinajstić information content (AvgIpc) is 3.51. The van der Waals surface area contributed by atoms with E-state index < -0.39 is 0 Å². The lowest BCUT2D eigenvalue weighted by Gasteiger charge is -2.18. The Morgan fingerprint density at radius 1 is 0.906 bits per heavy atom. The molecule has 160 valence electrons. The second-order valence-electron chi connectivity index (χ2n) is 8.28. The maximum Gasteiger partial charge on any atom is 0.141 e. The predicted molar refractivity (Wildman–Crippen MR) is 129 cm³/mol. The van der Waals surface area contributed by atoms with E-state index in [0.29, 0.717) is 5.56 Å².